The number of likely N-dealkylation sites (tertiary alicyclic amines) is 1. The zero-order chi connectivity index (χ0) is 24.7. The van der Waals surface area contributed by atoms with E-state index in [1.165, 1.54) is 10.9 Å². The van der Waals surface area contributed by atoms with Gasteiger partial charge in [0.2, 0.25) is 0 Å². The number of piperidine rings is 1. The summed E-state index contributed by atoms with van der Waals surface area (Å²) in [5.41, 5.74) is 3.77. The molecule has 2 unspecified atom stereocenters. The number of rotatable bonds is 4. The van der Waals surface area contributed by atoms with Gasteiger partial charge in [-0.25, -0.2) is 0 Å². The van der Waals surface area contributed by atoms with Crippen LogP contribution in [0.15, 0.2) is 60.7 Å². The summed E-state index contributed by atoms with van der Waals surface area (Å²) in [6.07, 6.45) is 4.94. The molecular formula is C31H33N3O2. The van der Waals surface area contributed by atoms with Gasteiger partial charge in [0.15, 0.2) is 0 Å². The summed E-state index contributed by atoms with van der Waals surface area (Å²) in [7, 11) is 0. The van der Waals surface area contributed by atoms with Crippen LogP contribution in [0.3, 0.4) is 0 Å². The first kappa shape index (κ1) is 23.2. The molecule has 2 aliphatic heterocycles. The fourth-order valence-electron chi connectivity index (χ4n) is 6.68. The third kappa shape index (κ3) is 3.89. The van der Waals surface area contributed by atoms with Crippen LogP contribution in [0, 0.1) is 11.3 Å². The van der Waals surface area contributed by atoms with Crippen LogP contribution in [-0.2, 0) is 18.5 Å². The molecule has 2 heterocycles. The van der Waals surface area contributed by atoms with Gasteiger partial charge in [-0.3, -0.25) is 9.69 Å². The topological polar surface area (TPSA) is 67.6 Å². The van der Waals surface area contributed by atoms with Crippen molar-refractivity contribution in [1.29, 1.82) is 5.26 Å². The van der Waals surface area contributed by atoms with Gasteiger partial charge in [0.05, 0.1) is 23.6 Å². The van der Waals surface area contributed by atoms with E-state index in [9.17, 15) is 15.2 Å². The Bertz CT molecular complexity index is 1320. The number of carbonyl (C=O) groups is 1. The molecule has 2 fully saturated rings. The Kier molecular flexibility index (Phi) is 6.03. The lowest BCUT2D eigenvalue weighted by Crippen LogP contribution is -2.45. The molecular weight excluding hydrogens is 446 g/mol. The number of aliphatic hydroxyl groups is 1. The number of hydrogen-bond acceptors (Lipinski definition) is 4. The SMILES string of the molecule is N#CC1(c2ccccc2)CCN(Cc2cc3c(c4ccccc24)CN(C2CCCCC2O)C3=O)CC1. The largest absolute Gasteiger partial charge is 0.391 e. The van der Waals surface area contributed by atoms with Crippen molar-refractivity contribution < 1.29 is 9.90 Å². The smallest absolute Gasteiger partial charge is 0.254 e. The van der Waals surface area contributed by atoms with E-state index in [1.807, 2.05) is 23.1 Å². The molecule has 1 aliphatic carbocycles. The molecule has 5 nitrogen and oxygen atoms in total. The summed E-state index contributed by atoms with van der Waals surface area (Å²) in [6, 6.07) is 23.3. The number of benzene rings is 3. The van der Waals surface area contributed by atoms with Gasteiger partial charge >= 0.3 is 0 Å². The van der Waals surface area contributed by atoms with E-state index in [0.717, 1.165) is 80.2 Å². The highest BCUT2D eigenvalue weighted by Crippen LogP contribution is 2.39. The minimum absolute atomic E-state index is 0.0640. The minimum Gasteiger partial charge on any atom is -0.391 e. The number of carbonyl (C=O) groups excluding carboxylic acids is 1. The lowest BCUT2D eigenvalue weighted by atomic mass is 9.74. The monoisotopic (exact) mass is 479 g/mol. The van der Waals surface area contributed by atoms with Crippen molar-refractivity contribution in [2.24, 2.45) is 0 Å². The van der Waals surface area contributed by atoms with Gasteiger partial charge < -0.3 is 10.0 Å². The van der Waals surface area contributed by atoms with E-state index in [0.29, 0.717) is 6.54 Å². The highest BCUT2D eigenvalue weighted by Gasteiger charge is 2.39. The van der Waals surface area contributed by atoms with Crippen LogP contribution in [0.2, 0.25) is 0 Å². The van der Waals surface area contributed by atoms with Crippen molar-refractivity contribution in [1.82, 2.24) is 9.80 Å². The van der Waals surface area contributed by atoms with Crippen molar-refractivity contribution in [2.75, 3.05) is 13.1 Å². The number of aliphatic hydroxyl groups excluding tert-OH is 1. The zero-order valence-corrected chi connectivity index (χ0v) is 20.7. The lowest BCUT2D eigenvalue weighted by Gasteiger charge is -2.37. The Hall–Kier alpha value is -3.20. The second-order valence-corrected chi connectivity index (χ2v) is 10.8. The molecule has 2 atom stereocenters. The first-order valence-electron chi connectivity index (χ1n) is 13.3. The van der Waals surface area contributed by atoms with Crippen LogP contribution >= 0.6 is 0 Å². The third-order valence-corrected chi connectivity index (χ3v) is 8.80. The van der Waals surface area contributed by atoms with Crippen LogP contribution in [0.25, 0.3) is 10.8 Å². The fourth-order valence-corrected chi connectivity index (χ4v) is 6.68. The second-order valence-electron chi connectivity index (χ2n) is 10.8. The minimum atomic E-state index is -0.430. The van der Waals surface area contributed by atoms with Crippen LogP contribution in [0.5, 0.6) is 0 Å². The average Bonchev–Trinajstić information content (AvgIpc) is 3.26. The highest BCUT2D eigenvalue weighted by molar-refractivity contribution is 6.05. The average molecular weight is 480 g/mol. The zero-order valence-electron chi connectivity index (χ0n) is 20.7. The molecule has 36 heavy (non-hydrogen) atoms. The summed E-state index contributed by atoms with van der Waals surface area (Å²) >= 11 is 0. The predicted octanol–water partition coefficient (Wildman–Crippen LogP) is 5.16. The van der Waals surface area contributed by atoms with E-state index in [-0.39, 0.29) is 11.9 Å². The van der Waals surface area contributed by atoms with Gasteiger partial charge in [0.1, 0.15) is 0 Å². The van der Waals surface area contributed by atoms with Crippen LogP contribution in [0.1, 0.15) is 65.6 Å². The molecule has 184 valence electrons. The molecule has 3 aliphatic rings. The number of hydrogen-bond donors (Lipinski definition) is 1. The summed E-state index contributed by atoms with van der Waals surface area (Å²) in [5.74, 6) is 0.0640. The van der Waals surface area contributed by atoms with E-state index >= 15 is 0 Å². The third-order valence-electron chi connectivity index (χ3n) is 8.80. The van der Waals surface area contributed by atoms with Crippen LogP contribution < -0.4 is 0 Å². The molecule has 0 aromatic heterocycles. The number of amides is 1. The molecule has 3 aromatic rings. The van der Waals surface area contributed by atoms with Gasteiger partial charge in [-0.15, -0.1) is 0 Å². The maximum absolute atomic E-state index is 13.6. The molecule has 1 saturated heterocycles. The quantitative estimate of drug-likeness (QED) is 0.562. The highest BCUT2D eigenvalue weighted by atomic mass is 16.3. The Morgan fingerprint density at radius 2 is 1.67 bits per heavy atom. The van der Waals surface area contributed by atoms with E-state index < -0.39 is 11.5 Å². The summed E-state index contributed by atoms with van der Waals surface area (Å²) in [5, 5.41) is 23.1. The van der Waals surface area contributed by atoms with Gasteiger partial charge in [0, 0.05) is 31.7 Å². The van der Waals surface area contributed by atoms with Gasteiger partial charge in [-0.05, 0) is 59.2 Å². The van der Waals surface area contributed by atoms with E-state index in [1.54, 1.807) is 0 Å². The molecule has 3 aromatic carbocycles. The summed E-state index contributed by atoms with van der Waals surface area (Å²) < 4.78 is 0. The van der Waals surface area contributed by atoms with Gasteiger partial charge in [-0.2, -0.15) is 5.26 Å². The number of fused-ring (bicyclic) bond motifs is 3. The Labute approximate surface area is 212 Å². The maximum Gasteiger partial charge on any atom is 0.254 e. The predicted molar refractivity (Wildman–Crippen MR) is 140 cm³/mol. The molecule has 6 rings (SSSR count). The van der Waals surface area contributed by atoms with Gasteiger partial charge in [-0.1, -0.05) is 67.4 Å². The molecule has 5 heteroatoms. The molecule has 1 amide bonds. The number of nitriles is 1. The van der Waals surface area contributed by atoms with Crippen molar-refractivity contribution in [2.45, 2.75) is 69.2 Å². The van der Waals surface area contributed by atoms with Crippen LogP contribution in [0.4, 0.5) is 0 Å². The molecule has 1 saturated carbocycles. The van der Waals surface area contributed by atoms with Crippen molar-refractivity contribution in [3.63, 3.8) is 0 Å². The Morgan fingerprint density at radius 3 is 2.39 bits per heavy atom. The number of nitrogens with zero attached hydrogens (tertiary/aromatic N) is 3. The molecule has 0 radical (unpaired) electrons. The first-order valence-corrected chi connectivity index (χ1v) is 13.3. The molecule has 1 N–H and O–H groups in total. The molecule has 0 bridgehead atoms. The molecule has 0 spiro atoms. The maximum atomic E-state index is 13.6. The van der Waals surface area contributed by atoms with E-state index in [2.05, 4.69) is 53.4 Å². The van der Waals surface area contributed by atoms with Crippen LogP contribution in [-0.4, -0.2) is 46.0 Å². The normalized spacial score (nSPS) is 24.0. The van der Waals surface area contributed by atoms with Crippen molar-refractivity contribution in [3.05, 3.63) is 82.9 Å². The van der Waals surface area contributed by atoms with Crippen molar-refractivity contribution >= 4 is 16.7 Å². The fraction of sp³-hybridized carbons (Fsp3) is 0.419. The van der Waals surface area contributed by atoms with Gasteiger partial charge in [0.25, 0.3) is 5.91 Å². The Morgan fingerprint density at radius 1 is 0.972 bits per heavy atom. The summed E-state index contributed by atoms with van der Waals surface area (Å²) in [4.78, 5) is 17.9. The lowest BCUT2D eigenvalue weighted by molar-refractivity contribution is 0.0192. The summed E-state index contributed by atoms with van der Waals surface area (Å²) in [6.45, 7) is 3.05. The standard InChI is InChI=1S/C31H33N3O2/c32-21-31(23-8-2-1-3-9-23)14-16-33(17-15-31)19-22-18-26-27(25-11-5-4-10-24(22)25)20-34(30(26)36)28-12-6-7-13-29(28)35/h1-5,8-11,18,28-29,35H,6-7,12-17,19-20H2. The van der Waals surface area contributed by atoms with Crippen molar-refractivity contribution in [3.8, 4) is 6.07 Å². The second kappa shape index (κ2) is 9.35. The first-order chi connectivity index (χ1) is 17.6. The van der Waals surface area contributed by atoms with E-state index in [4.69, 9.17) is 0 Å². The Balaban J connectivity index is 1.27.